The zero-order valence-electron chi connectivity index (χ0n) is 16.6. The van der Waals surface area contributed by atoms with Crippen LogP contribution in [0.2, 0.25) is 0 Å². The van der Waals surface area contributed by atoms with Gasteiger partial charge >= 0.3 is 0 Å². The number of amides is 1. The molecule has 1 N–H and O–H groups in total. The lowest BCUT2D eigenvalue weighted by atomic mass is 9.86. The number of nitrogens with zero attached hydrogens (tertiary/aromatic N) is 2. The van der Waals surface area contributed by atoms with E-state index in [4.69, 9.17) is 0 Å². The van der Waals surface area contributed by atoms with Gasteiger partial charge in [0.1, 0.15) is 5.69 Å². The lowest BCUT2D eigenvalue weighted by Crippen LogP contribution is -2.37. The highest BCUT2D eigenvalue weighted by Crippen LogP contribution is 2.49. The van der Waals surface area contributed by atoms with Gasteiger partial charge in [0.05, 0.1) is 5.39 Å². The molecule has 0 saturated heterocycles. The first-order chi connectivity index (χ1) is 14.6. The third-order valence-electron chi connectivity index (χ3n) is 6.62. The summed E-state index contributed by atoms with van der Waals surface area (Å²) in [5.41, 5.74) is 2.83. The highest BCUT2D eigenvalue weighted by molar-refractivity contribution is 6.14. The molecule has 6 nitrogen and oxygen atoms in total. The van der Waals surface area contributed by atoms with Crippen molar-refractivity contribution in [2.24, 2.45) is 17.8 Å². The summed E-state index contributed by atoms with van der Waals surface area (Å²) < 4.78 is 0. The molecule has 5 rings (SSSR count). The maximum absolute atomic E-state index is 13.1. The molecular weight excluding hydrogens is 378 g/mol. The lowest BCUT2D eigenvalue weighted by molar-refractivity contribution is -0.118. The minimum Gasteiger partial charge on any atom is -0.287 e. The van der Waals surface area contributed by atoms with E-state index in [0.29, 0.717) is 34.6 Å². The van der Waals surface area contributed by atoms with E-state index >= 15 is 0 Å². The molecule has 0 spiro atoms. The van der Waals surface area contributed by atoms with Gasteiger partial charge in [-0.05, 0) is 43.1 Å². The molecule has 2 bridgehead atoms. The molecule has 30 heavy (non-hydrogen) atoms. The SMILES string of the molecule is O=C(CC1CC2CCC1C2)Nn1nc(C(=O)c2ccccc2)c2ccccc2c1=O. The number of fused-ring (bicyclic) bond motifs is 3. The molecule has 3 aromatic rings. The molecule has 3 atom stereocenters. The fourth-order valence-corrected chi connectivity index (χ4v) is 5.19. The standard InChI is InChI=1S/C24H23N3O3/c28-21(14-18-13-15-10-11-17(18)12-15)25-27-24(30)20-9-5-4-8-19(20)22(26-27)23(29)16-6-2-1-3-7-16/h1-9,15,17-18H,10-14H2,(H,25,28). The van der Waals surface area contributed by atoms with Gasteiger partial charge in [0.25, 0.3) is 5.56 Å². The number of hydrogen-bond donors (Lipinski definition) is 1. The minimum absolute atomic E-state index is 0.150. The second kappa shape index (κ2) is 7.52. The van der Waals surface area contributed by atoms with E-state index in [0.717, 1.165) is 17.1 Å². The number of carbonyl (C=O) groups excluding carboxylic acids is 2. The van der Waals surface area contributed by atoms with Crippen LogP contribution in [0.25, 0.3) is 10.8 Å². The van der Waals surface area contributed by atoms with Crippen LogP contribution >= 0.6 is 0 Å². The summed E-state index contributed by atoms with van der Waals surface area (Å²) in [5, 5.41) is 5.10. The summed E-state index contributed by atoms with van der Waals surface area (Å²) in [6.07, 6.45) is 5.19. The van der Waals surface area contributed by atoms with E-state index < -0.39 is 5.56 Å². The smallest absolute Gasteiger partial charge is 0.287 e. The molecule has 152 valence electrons. The third-order valence-corrected chi connectivity index (χ3v) is 6.62. The minimum atomic E-state index is -0.434. The molecule has 1 heterocycles. The first-order valence-corrected chi connectivity index (χ1v) is 10.5. The predicted molar refractivity (Wildman–Crippen MR) is 114 cm³/mol. The van der Waals surface area contributed by atoms with E-state index in [1.807, 2.05) is 6.07 Å². The molecule has 0 radical (unpaired) electrons. The van der Waals surface area contributed by atoms with E-state index in [9.17, 15) is 14.4 Å². The molecular formula is C24H23N3O3. The van der Waals surface area contributed by atoms with Gasteiger partial charge in [0, 0.05) is 17.4 Å². The Balaban J connectivity index is 1.48. The summed E-state index contributed by atoms with van der Waals surface area (Å²) in [7, 11) is 0. The molecule has 2 aliphatic rings. The molecule has 2 saturated carbocycles. The third kappa shape index (κ3) is 3.32. The Hall–Kier alpha value is -3.28. The van der Waals surface area contributed by atoms with Crippen molar-refractivity contribution in [1.82, 2.24) is 9.89 Å². The predicted octanol–water partition coefficient (Wildman–Crippen LogP) is 3.52. The van der Waals surface area contributed by atoms with Crippen LogP contribution in [0.4, 0.5) is 0 Å². The number of hydrogen-bond acceptors (Lipinski definition) is 4. The molecule has 2 aromatic carbocycles. The number of nitrogens with one attached hydrogen (secondary N) is 1. The van der Waals surface area contributed by atoms with Crippen molar-refractivity contribution in [1.29, 1.82) is 0 Å². The van der Waals surface area contributed by atoms with Gasteiger partial charge in [-0.2, -0.15) is 0 Å². The maximum Gasteiger partial charge on any atom is 0.294 e. The molecule has 2 fully saturated rings. The van der Waals surface area contributed by atoms with Crippen molar-refractivity contribution in [3.63, 3.8) is 0 Å². The average Bonchev–Trinajstić information content (AvgIpc) is 3.39. The Morgan fingerprint density at radius 1 is 0.967 bits per heavy atom. The number of rotatable bonds is 5. The Morgan fingerprint density at radius 2 is 1.70 bits per heavy atom. The van der Waals surface area contributed by atoms with E-state index in [1.165, 1.54) is 19.3 Å². The molecule has 6 heteroatoms. The van der Waals surface area contributed by atoms with Crippen LogP contribution in [0.1, 0.15) is 48.2 Å². The van der Waals surface area contributed by atoms with E-state index in [1.54, 1.807) is 48.5 Å². The Kier molecular flexibility index (Phi) is 4.69. The number of benzene rings is 2. The fraction of sp³-hybridized carbons (Fsp3) is 0.333. The van der Waals surface area contributed by atoms with Crippen LogP contribution in [0, 0.1) is 17.8 Å². The van der Waals surface area contributed by atoms with Crippen LogP contribution in [0.3, 0.4) is 0 Å². The quantitative estimate of drug-likeness (QED) is 0.663. The highest BCUT2D eigenvalue weighted by atomic mass is 16.2. The first-order valence-electron chi connectivity index (χ1n) is 10.5. The van der Waals surface area contributed by atoms with Crippen LogP contribution in [-0.4, -0.2) is 21.6 Å². The summed E-state index contributed by atoms with van der Waals surface area (Å²) in [4.78, 5) is 39.6. The van der Waals surface area contributed by atoms with Crippen LogP contribution in [-0.2, 0) is 4.79 Å². The Morgan fingerprint density at radius 3 is 2.40 bits per heavy atom. The van der Waals surface area contributed by atoms with E-state index in [2.05, 4.69) is 10.5 Å². The van der Waals surface area contributed by atoms with Crippen molar-refractivity contribution in [2.75, 3.05) is 5.43 Å². The average molecular weight is 401 g/mol. The number of ketones is 1. The van der Waals surface area contributed by atoms with Crippen molar-refractivity contribution >= 4 is 22.5 Å². The zero-order valence-corrected chi connectivity index (χ0v) is 16.6. The van der Waals surface area contributed by atoms with Crippen LogP contribution < -0.4 is 11.0 Å². The molecule has 1 amide bonds. The van der Waals surface area contributed by atoms with Gasteiger partial charge in [0.15, 0.2) is 0 Å². The van der Waals surface area contributed by atoms with Gasteiger partial charge < -0.3 is 0 Å². The van der Waals surface area contributed by atoms with Crippen molar-refractivity contribution in [2.45, 2.75) is 32.1 Å². The van der Waals surface area contributed by atoms with Crippen molar-refractivity contribution in [3.8, 4) is 0 Å². The number of aromatic nitrogens is 2. The summed E-state index contributed by atoms with van der Waals surface area (Å²) >= 11 is 0. The monoisotopic (exact) mass is 401 g/mol. The van der Waals surface area contributed by atoms with Gasteiger partial charge in [-0.25, -0.2) is 5.43 Å². The van der Waals surface area contributed by atoms with Crippen LogP contribution in [0.15, 0.2) is 59.4 Å². The molecule has 3 unspecified atom stereocenters. The molecule has 1 aromatic heterocycles. The van der Waals surface area contributed by atoms with Crippen molar-refractivity contribution in [3.05, 3.63) is 76.2 Å². The maximum atomic E-state index is 13.1. The first kappa shape index (κ1) is 18.7. The van der Waals surface area contributed by atoms with Gasteiger partial charge in [-0.15, -0.1) is 9.89 Å². The van der Waals surface area contributed by atoms with Crippen LogP contribution in [0.5, 0.6) is 0 Å². The topological polar surface area (TPSA) is 81.1 Å². The summed E-state index contributed by atoms with van der Waals surface area (Å²) in [6, 6.07) is 15.7. The number of carbonyl (C=O) groups is 2. The van der Waals surface area contributed by atoms with Gasteiger partial charge in [0.2, 0.25) is 11.7 Å². The second-order valence-electron chi connectivity index (χ2n) is 8.48. The molecule has 0 aliphatic heterocycles. The van der Waals surface area contributed by atoms with E-state index in [-0.39, 0.29) is 17.4 Å². The summed E-state index contributed by atoms with van der Waals surface area (Å²) in [5.74, 6) is 1.24. The highest BCUT2D eigenvalue weighted by Gasteiger charge is 2.40. The normalized spacial score (nSPS) is 22.3. The lowest BCUT2D eigenvalue weighted by Gasteiger charge is -2.21. The largest absolute Gasteiger partial charge is 0.294 e. The Bertz CT molecular complexity index is 1190. The van der Waals surface area contributed by atoms with Gasteiger partial charge in [-0.3, -0.25) is 14.4 Å². The fourth-order valence-electron chi connectivity index (χ4n) is 5.19. The van der Waals surface area contributed by atoms with Gasteiger partial charge in [-0.1, -0.05) is 55.0 Å². The Labute approximate surface area is 173 Å². The summed E-state index contributed by atoms with van der Waals surface area (Å²) in [6.45, 7) is 0. The second-order valence-corrected chi connectivity index (χ2v) is 8.48. The van der Waals surface area contributed by atoms with Crippen molar-refractivity contribution < 1.29 is 9.59 Å². The zero-order chi connectivity index (χ0) is 20.7. The molecule has 2 aliphatic carbocycles.